The average molecular weight is 243 g/mol. The van der Waals surface area contributed by atoms with Crippen molar-refractivity contribution in [1.29, 1.82) is 0 Å². The number of nitrogens with two attached hydrogens (primary N) is 1. The van der Waals surface area contributed by atoms with Crippen molar-refractivity contribution in [2.75, 3.05) is 11.4 Å². The number of aromatic nitrogens is 1. The third-order valence-corrected chi connectivity index (χ3v) is 3.22. The Kier molecular flexibility index (Phi) is 2.72. The van der Waals surface area contributed by atoms with Crippen LogP contribution in [-0.4, -0.2) is 11.5 Å². The Balaban J connectivity index is 2.02. The molecule has 1 aliphatic heterocycles. The Hall–Kier alpha value is -1.94. The fourth-order valence-corrected chi connectivity index (χ4v) is 2.32. The normalized spacial score (nSPS) is 13.8. The summed E-state index contributed by atoms with van der Waals surface area (Å²) in [5, 5.41) is 0. The molecule has 1 aromatic carbocycles. The highest BCUT2D eigenvalue weighted by molar-refractivity contribution is 5.67. The van der Waals surface area contributed by atoms with Crippen LogP contribution >= 0.6 is 0 Å². The van der Waals surface area contributed by atoms with Crippen LogP contribution in [0.5, 0.6) is 0 Å². The summed E-state index contributed by atoms with van der Waals surface area (Å²) in [6.07, 6.45) is 0.921. The lowest BCUT2D eigenvalue weighted by Gasteiger charge is -2.18. The van der Waals surface area contributed by atoms with E-state index in [9.17, 15) is 4.39 Å². The molecule has 0 unspecified atom stereocenters. The van der Waals surface area contributed by atoms with Gasteiger partial charge in [0.05, 0.1) is 5.69 Å². The Morgan fingerprint density at radius 2 is 2.17 bits per heavy atom. The van der Waals surface area contributed by atoms with Gasteiger partial charge in [-0.05, 0) is 36.2 Å². The van der Waals surface area contributed by atoms with E-state index in [1.54, 1.807) is 6.07 Å². The van der Waals surface area contributed by atoms with Crippen molar-refractivity contribution in [3.8, 4) is 0 Å². The van der Waals surface area contributed by atoms with E-state index in [1.165, 1.54) is 6.07 Å². The molecule has 4 heteroatoms. The quantitative estimate of drug-likeness (QED) is 0.880. The van der Waals surface area contributed by atoms with Gasteiger partial charge in [-0.2, -0.15) is 0 Å². The monoisotopic (exact) mass is 243 g/mol. The maximum absolute atomic E-state index is 13.3. The third-order valence-electron chi connectivity index (χ3n) is 3.22. The molecule has 2 aromatic rings. The van der Waals surface area contributed by atoms with Crippen LogP contribution in [0.3, 0.4) is 0 Å². The molecule has 0 fully saturated rings. The van der Waals surface area contributed by atoms with Crippen molar-refractivity contribution in [2.24, 2.45) is 5.73 Å². The molecular weight excluding hydrogens is 229 g/mol. The maximum Gasteiger partial charge on any atom is 0.133 e. The predicted octanol–water partition coefficient (Wildman–Crippen LogP) is 2.37. The van der Waals surface area contributed by atoms with Gasteiger partial charge in [0.2, 0.25) is 0 Å². The second kappa shape index (κ2) is 4.38. The second-order valence-corrected chi connectivity index (χ2v) is 4.37. The molecule has 0 aliphatic carbocycles. The lowest BCUT2D eigenvalue weighted by atomic mass is 10.2. The minimum Gasteiger partial charge on any atom is -0.326 e. The zero-order valence-electron chi connectivity index (χ0n) is 9.94. The van der Waals surface area contributed by atoms with Gasteiger partial charge in [0, 0.05) is 18.8 Å². The number of halogens is 1. The Labute approximate surface area is 105 Å². The van der Waals surface area contributed by atoms with Gasteiger partial charge in [0.25, 0.3) is 0 Å². The molecule has 0 bridgehead atoms. The highest BCUT2D eigenvalue weighted by Crippen LogP contribution is 2.33. The molecular formula is C14H14FN3. The minimum absolute atomic E-state index is 0.212. The summed E-state index contributed by atoms with van der Waals surface area (Å²) < 4.78 is 13.3. The van der Waals surface area contributed by atoms with E-state index in [-0.39, 0.29) is 5.82 Å². The standard InChI is InChI=1S/C14H14FN3/c15-11-5-4-10-6-7-18(13(10)8-11)14-3-1-2-12(9-16)17-14/h1-5,8H,6-7,9,16H2. The van der Waals surface area contributed by atoms with Crippen LogP contribution in [0, 0.1) is 5.82 Å². The van der Waals surface area contributed by atoms with Gasteiger partial charge in [-0.15, -0.1) is 0 Å². The first-order chi connectivity index (χ1) is 8.78. The highest BCUT2D eigenvalue weighted by Gasteiger charge is 2.21. The molecule has 2 heterocycles. The van der Waals surface area contributed by atoms with Crippen LogP contribution < -0.4 is 10.6 Å². The van der Waals surface area contributed by atoms with E-state index in [0.717, 1.165) is 35.7 Å². The number of nitrogens with zero attached hydrogens (tertiary/aromatic N) is 2. The smallest absolute Gasteiger partial charge is 0.133 e. The van der Waals surface area contributed by atoms with Gasteiger partial charge in [0.1, 0.15) is 11.6 Å². The Morgan fingerprint density at radius 1 is 1.28 bits per heavy atom. The molecule has 0 amide bonds. The van der Waals surface area contributed by atoms with Gasteiger partial charge in [0.15, 0.2) is 0 Å². The zero-order chi connectivity index (χ0) is 12.5. The van der Waals surface area contributed by atoms with Crippen LogP contribution in [0.15, 0.2) is 36.4 Å². The van der Waals surface area contributed by atoms with Crippen LogP contribution in [0.2, 0.25) is 0 Å². The van der Waals surface area contributed by atoms with Gasteiger partial charge >= 0.3 is 0 Å². The molecule has 1 aliphatic rings. The minimum atomic E-state index is -0.212. The molecule has 2 N–H and O–H groups in total. The average Bonchev–Trinajstić information content (AvgIpc) is 2.81. The highest BCUT2D eigenvalue weighted by atomic mass is 19.1. The van der Waals surface area contributed by atoms with Crippen LogP contribution in [-0.2, 0) is 13.0 Å². The van der Waals surface area contributed by atoms with Crippen molar-refractivity contribution in [3.63, 3.8) is 0 Å². The van der Waals surface area contributed by atoms with Gasteiger partial charge in [-0.1, -0.05) is 12.1 Å². The molecule has 18 heavy (non-hydrogen) atoms. The second-order valence-electron chi connectivity index (χ2n) is 4.37. The van der Waals surface area contributed by atoms with E-state index in [4.69, 9.17) is 5.73 Å². The predicted molar refractivity (Wildman–Crippen MR) is 69.2 cm³/mol. The van der Waals surface area contributed by atoms with Crippen molar-refractivity contribution in [1.82, 2.24) is 4.98 Å². The number of hydrogen-bond acceptors (Lipinski definition) is 3. The molecule has 0 saturated carbocycles. The number of hydrogen-bond donors (Lipinski definition) is 1. The number of fused-ring (bicyclic) bond motifs is 1. The van der Waals surface area contributed by atoms with Gasteiger partial charge in [-0.3, -0.25) is 0 Å². The summed E-state index contributed by atoms with van der Waals surface area (Å²) in [4.78, 5) is 6.52. The lowest BCUT2D eigenvalue weighted by Crippen LogP contribution is -2.16. The van der Waals surface area contributed by atoms with E-state index in [0.29, 0.717) is 6.54 Å². The maximum atomic E-state index is 13.3. The largest absolute Gasteiger partial charge is 0.326 e. The van der Waals surface area contributed by atoms with E-state index >= 15 is 0 Å². The van der Waals surface area contributed by atoms with E-state index in [1.807, 2.05) is 29.2 Å². The molecule has 3 rings (SSSR count). The van der Waals surface area contributed by atoms with Gasteiger partial charge in [-0.25, -0.2) is 9.37 Å². The van der Waals surface area contributed by atoms with Crippen LogP contribution in [0.4, 0.5) is 15.9 Å². The fraction of sp³-hybridized carbons (Fsp3) is 0.214. The first-order valence-corrected chi connectivity index (χ1v) is 6.00. The fourth-order valence-electron chi connectivity index (χ4n) is 2.32. The summed E-state index contributed by atoms with van der Waals surface area (Å²) in [6, 6.07) is 10.7. The van der Waals surface area contributed by atoms with E-state index < -0.39 is 0 Å². The van der Waals surface area contributed by atoms with E-state index in [2.05, 4.69) is 4.98 Å². The van der Waals surface area contributed by atoms with Crippen molar-refractivity contribution in [3.05, 3.63) is 53.5 Å². The van der Waals surface area contributed by atoms with Crippen molar-refractivity contribution >= 4 is 11.5 Å². The molecule has 0 atom stereocenters. The summed E-state index contributed by atoms with van der Waals surface area (Å²) in [5.41, 5.74) is 8.52. The molecule has 0 spiro atoms. The summed E-state index contributed by atoms with van der Waals surface area (Å²) in [6.45, 7) is 1.25. The Bertz CT molecular complexity index is 583. The summed E-state index contributed by atoms with van der Waals surface area (Å²) in [5.74, 6) is 0.623. The lowest BCUT2D eigenvalue weighted by molar-refractivity contribution is 0.628. The SMILES string of the molecule is NCc1cccc(N2CCc3ccc(F)cc32)n1. The molecule has 0 saturated heterocycles. The van der Waals surface area contributed by atoms with Crippen LogP contribution in [0.1, 0.15) is 11.3 Å². The van der Waals surface area contributed by atoms with Crippen LogP contribution in [0.25, 0.3) is 0 Å². The topological polar surface area (TPSA) is 42.1 Å². The number of rotatable bonds is 2. The van der Waals surface area contributed by atoms with Crippen molar-refractivity contribution in [2.45, 2.75) is 13.0 Å². The van der Waals surface area contributed by atoms with Gasteiger partial charge < -0.3 is 10.6 Å². The number of anilines is 2. The number of pyridine rings is 1. The summed E-state index contributed by atoms with van der Waals surface area (Å²) >= 11 is 0. The van der Waals surface area contributed by atoms with Crippen molar-refractivity contribution < 1.29 is 4.39 Å². The Morgan fingerprint density at radius 3 is 3.00 bits per heavy atom. The molecule has 0 radical (unpaired) electrons. The third kappa shape index (κ3) is 1.84. The molecule has 3 nitrogen and oxygen atoms in total. The zero-order valence-corrected chi connectivity index (χ0v) is 9.94. The summed E-state index contributed by atoms with van der Waals surface area (Å²) in [7, 11) is 0. The first kappa shape index (κ1) is 11.2. The number of benzene rings is 1. The molecule has 1 aromatic heterocycles. The molecule has 92 valence electrons. The first-order valence-electron chi connectivity index (χ1n) is 6.00.